The summed E-state index contributed by atoms with van der Waals surface area (Å²) in [4.78, 5) is 20.4. The second-order valence-electron chi connectivity index (χ2n) is 7.65. The lowest BCUT2D eigenvalue weighted by atomic mass is 10.0. The predicted octanol–water partition coefficient (Wildman–Crippen LogP) is 3.71. The molecule has 1 amide bonds. The third-order valence-corrected chi connectivity index (χ3v) is 5.60. The molecule has 2 aromatic carbocycles. The topological polar surface area (TPSA) is 48.5 Å². The highest BCUT2D eigenvalue weighted by molar-refractivity contribution is 5.73. The van der Waals surface area contributed by atoms with E-state index in [9.17, 15) is 4.79 Å². The van der Waals surface area contributed by atoms with Gasteiger partial charge in [0.25, 0.3) is 0 Å². The van der Waals surface area contributed by atoms with E-state index in [0.717, 1.165) is 45.1 Å². The molecule has 1 fully saturated rings. The third kappa shape index (κ3) is 4.86. The fourth-order valence-electron chi connectivity index (χ4n) is 3.87. The lowest BCUT2D eigenvalue weighted by molar-refractivity contribution is -0.129. The standard InChI is InChI=1S/C25H28N4O/c1-20(30)28-14-16-29(17-15-28)25-24(8-5-13-27-25)19-26-18-21-9-11-23(12-10-21)22-6-3-2-4-7-22/h2-13,26H,14-19H2,1H3. The van der Waals surface area contributed by atoms with E-state index in [-0.39, 0.29) is 5.91 Å². The number of nitrogens with zero attached hydrogens (tertiary/aromatic N) is 3. The lowest BCUT2D eigenvalue weighted by Crippen LogP contribution is -2.48. The number of pyridine rings is 1. The maximum atomic E-state index is 11.6. The van der Waals surface area contributed by atoms with E-state index in [4.69, 9.17) is 0 Å². The number of aromatic nitrogens is 1. The molecule has 0 radical (unpaired) electrons. The van der Waals surface area contributed by atoms with Gasteiger partial charge in [-0.1, -0.05) is 60.7 Å². The fourth-order valence-corrected chi connectivity index (χ4v) is 3.87. The van der Waals surface area contributed by atoms with Gasteiger partial charge in [0.2, 0.25) is 5.91 Å². The summed E-state index contributed by atoms with van der Waals surface area (Å²) in [6.07, 6.45) is 1.85. The van der Waals surface area contributed by atoms with Crippen LogP contribution in [-0.4, -0.2) is 42.0 Å². The molecule has 1 aliphatic rings. The number of hydrogen-bond donors (Lipinski definition) is 1. The lowest BCUT2D eigenvalue weighted by Gasteiger charge is -2.35. The predicted molar refractivity (Wildman–Crippen MR) is 121 cm³/mol. The van der Waals surface area contributed by atoms with Crippen LogP contribution in [0.5, 0.6) is 0 Å². The van der Waals surface area contributed by atoms with Crippen LogP contribution in [0.25, 0.3) is 11.1 Å². The third-order valence-electron chi connectivity index (χ3n) is 5.60. The van der Waals surface area contributed by atoms with Crippen LogP contribution >= 0.6 is 0 Å². The van der Waals surface area contributed by atoms with Crippen LogP contribution in [0.15, 0.2) is 72.9 Å². The molecule has 3 aromatic rings. The molecule has 1 saturated heterocycles. The van der Waals surface area contributed by atoms with Crippen molar-refractivity contribution >= 4 is 11.7 Å². The Balaban J connectivity index is 1.34. The molecule has 0 bridgehead atoms. The minimum absolute atomic E-state index is 0.149. The van der Waals surface area contributed by atoms with Crippen molar-refractivity contribution in [2.45, 2.75) is 20.0 Å². The zero-order chi connectivity index (χ0) is 20.8. The maximum absolute atomic E-state index is 11.6. The van der Waals surface area contributed by atoms with E-state index in [2.05, 4.69) is 69.8 Å². The number of hydrogen-bond acceptors (Lipinski definition) is 4. The Bertz CT molecular complexity index is 964. The van der Waals surface area contributed by atoms with Gasteiger partial charge < -0.3 is 15.1 Å². The molecule has 154 valence electrons. The Kier molecular flexibility index (Phi) is 6.40. The van der Waals surface area contributed by atoms with Crippen LogP contribution in [0.1, 0.15) is 18.1 Å². The average molecular weight is 401 g/mol. The van der Waals surface area contributed by atoms with Crippen LogP contribution in [0.3, 0.4) is 0 Å². The van der Waals surface area contributed by atoms with Crippen molar-refractivity contribution in [2.75, 3.05) is 31.1 Å². The Morgan fingerprint density at radius 3 is 2.27 bits per heavy atom. The molecular formula is C25H28N4O. The largest absolute Gasteiger partial charge is 0.353 e. The number of carbonyl (C=O) groups excluding carboxylic acids is 1. The van der Waals surface area contributed by atoms with Gasteiger partial charge in [-0.2, -0.15) is 0 Å². The second kappa shape index (κ2) is 9.55. The first-order valence-corrected chi connectivity index (χ1v) is 10.5. The van der Waals surface area contributed by atoms with E-state index in [1.807, 2.05) is 23.2 Å². The summed E-state index contributed by atoms with van der Waals surface area (Å²) in [6.45, 7) is 6.37. The molecule has 0 saturated carbocycles. The van der Waals surface area contributed by atoms with Gasteiger partial charge in [-0.25, -0.2) is 4.98 Å². The normalized spacial score (nSPS) is 14.0. The van der Waals surface area contributed by atoms with Crippen LogP contribution in [0.2, 0.25) is 0 Å². The number of amides is 1. The first-order valence-electron chi connectivity index (χ1n) is 10.5. The van der Waals surface area contributed by atoms with Crippen molar-refractivity contribution < 1.29 is 4.79 Å². The molecule has 0 unspecified atom stereocenters. The quantitative estimate of drug-likeness (QED) is 0.685. The summed E-state index contributed by atoms with van der Waals surface area (Å²) in [7, 11) is 0. The van der Waals surface area contributed by atoms with Crippen molar-refractivity contribution in [3.8, 4) is 11.1 Å². The van der Waals surface area contributed by atoms with Gasteiger partial charge in [0.1, 0.15) is 5.82 Å². The minimum Gasteiger partial charge on any atom is -0.353 e. The van der Waals surface area contributed by atoms with Gasteiger partial charge in [0.15, 0.2) is 0 Å². The van der Waals surface area contributed by atoms with Crippen molar-refractivity contribution in [3.05, 3.63) is 84.1 Å². The van der Waals surface area contributed by atoms with E-state index in [1.54, 1.807) is 6.92 Å². The molecule has 30 heavy (non-hydrogen) atoms. The van der Waals surface area contributed by atoms with E-state index in [0.29, 0.717) is 0 Å². The summed E-state index contributed by atoms with van der Waals surface area (Å²) in [5.74, 6) is 1.17. The SMILES string of the molecule is CC(=O)N1CCN(c2ncccc2CNCc2ccc(-c3ccccc3)cc2)CC1. The molecule has 1 aliphatic heterocycles. The van der Waals surface area contributed by atoms with Crippen LogP contribution < -0.4 is 10.2 Å². The fraction of sp³-hybridized carbons (Fsp3) is 0.280. The summed E-state index contributed by atoms with van der Waals surface area (Å²) >= 11 is 0. The Morgan fingerprint density at radius 2 is 1.57 bits per heavy atom. The molecule has 5 nitrogen and oxygen atoms in total. The highest BCUT2D eigenvalue weighted by Gasteiger charge is 2.21. The van der Waals surface area contributed by atoms with E-state index >= 15 is 0 Å². The van der Waals surface area contributed by atoms with Gasteiger partial charge in [0, 0.05) is 58.0 Å². The molecule has 0 aliphatic carbocycles. The van der Waals surface area contributed by atoms with Crippen molar-refractivity contribution in [1.29, 1.82) is 0 Å². The average Bonchev–Trinajstić information content (AvgIpc) is 2.80. The summed E-state index contributed by atoms with van der Waals surface area (Å²) in [6, 6.07) is 23.3. The first kappa shape index (κ1) is 20.1. The molecule has 1 aromatic heterocycles. The Hall–Kier alpha value is -3.18. The number of piperazine rings is 1. The number of nitrogens with one attached hydrogen (secondary N) is 1. The maximum Gasteiger partial charge on any atom is 0.219 e. The molecule has 5 heteroatoms. The second-order valence-corrected chi connectivity index (χ2v) is 7.65. The minimum atomic E-state index is 0.149. The summed E-state index contributed by atoms with van der Waals surface area (Å²) in [5.41, 5.74) is 4.92. The van der Waals surface area contributed by atoms with Gasteiger partial charge in [-0.3, -0.25) is 4.79 Å². The first-order chi connectivity index (χ1) is 14.7. The Labute approximate surface area is 178 Å². The molecule has 2 heterocycles. The Morgan fingerprint density at radius 1 is 0.867 bits per heavy atom. The number of rotatable bonds is 6. The molecular weight excluding hydrogens is 372 g/mol. The summed E-state index contributed by atoms with van der Waals surface area (Å²) < 4.78 is 0. The van der Waals surface area contributed by atoms with Gasteiger partial charge in [0.05, 0.1) is 0 Å². The zero-order valence-corrected chi connectivity index (χ0v) is 17.4. The van der Waals surface area contributed by atoms with Gasteiger partial charge in [-0.05, 0) is 22.8 Å². The molecule has 0 spiro atoms. The molecule has 0 atom stereocenters. The zero-order valence-electron chi connectivity index (χ0n) is 17.4. The number of benzene rings is 2. The van der Waals surface area contributed by atoms with Crippen LogP contribution in [-0.2, 0) is 17.9 Å². The molecule has 4 rings (SSSR count). The number of carbonyl (C=O) groups is 1. The van der Waals surface area contributed by atoms with Crippen molar-refractivity contribution in [1.82, 2.24) is 15.2 Å². The monoisotopic (exact) mass is 400 g/mol. The smallest absolute Gasteiger partial charge is 0.219 e. The summed E-state index contributed by atoms with van der Waals surface area (Å²) in [5, 5.41) is 3.55. The van der Waals surface area contributed by atoms with Crippen molar-refractivity contribution in [3.63, 3.8) is 0 Å². The van der Waals surface area contributed by atoms with Crippen LogP contribution in [0, 0.1) is 0 Å². The molecule has 1 N–H and O–H groups in total. The highest BCUT2D eigenvalue weighted by Crippen LogP contribution is 2.21. The van der Waals surface area contributed by atoms with E-state index in [1.165, 1.54) is 22.3 Å². The van der Waals surface area contributed by atoms with Crippen molar-refractivity contribution in [2.24, 2.45) is 0 Å². The van der Waals surface area contributed by atoms with Crippen LogP contribution in [0.4, 0.5) is 5.82 Å². The van der Waals surface area contributed by atoms with Gasteiger partial charge in [-0.15, -0.1) is 0 Å². The van der Waals surface area contributed by atoms with E-state index < -0.39 is 0 Å². The highest BCUT2D eigenvalue weighted by atomic mass is 16.2. The van der Waals surface area contributed by atoms with Gasteiger partial charge >= 0.3 is 0 Å². The number of anilines is 1.